The summed E-state index contributed by atoms with van der Waals surface area (Å²) in [6.45, 7) is 1.93. The van der Waals surface area contributed by atoms with E-state index in [1.807, 2.05) is 19.1 Å². The standard InChI is InChI=1S/C18H16ClN3O3S2/c1-12-2-3-13(16(19)10-12)11-17(23)21-14-4-6-15(7-5-14)27(24,25)22-18-20-8-9-26-18/h2-10H,11H2,1H3,(H,20,22)(H,21,23). The molecule has 1 heterocycles. The molecule has 3 aromatic rings. The molecule has 0 atom stereocenters. The molecule has 140 valence electrons. The maximum absolute atomic E-state index is 12.3. The lowest BCUT2D eigenvalue weighted by Gasteiger charge is -2.09. The van der Waals surface area contributed by atoms with Gasteiger partial charge < -0.3 is 5.32 Å². The van der Waals surface area contributed by atoms with Crippen LogP contribution < -0.4 is 10.0 Å². The van der Waals surface area contributed by atoms with Crippen molar-refractivity contribution in [2.45, 2.75) is 18.2 Å². The molecular formula is C18H16ClN3O3S2. The summed E-state index contributed by atoms with van der Waals surface area (Å²) in [5.74, 6) is -0.239. The second kappa shape index (κ2) is 8.08. The summed E-state index contributed by atoms with van der Waals surface area (Å²) >= 11 is 7.34. The summed E-state index contributed by atoms with van der Waals surface area (Å²) < 4.78 is 27.0. The summed E-state index contributed by atoms with van der Waals surface area (Å²) in [6, 6.07) is 11.4. The quantitative estimate of drug-likeness (QED) is 0.627. The number of rotatable bonds is 6. The first-order chi connectivity index (χ1) is 12.8. The number of amides is 1. The molecule has 0 bridgehead atoms. The van der Waals surface area contributed by atoms with Crippen LogP contribution in [0.2, 0.25) is 5.02 Å². The lowest BCUT2D eigenvalue weighted by Crippen LogP contribution is -2.15. The number of aryl methyl sites for hydroxylation is 1. The van der Waals surface area contributed by atoms with E-state index in [-0.39, 0.29) is 17.2 Å². The van der Waals surface area contributed by atoms with Crippen molar-refractivity contribution in [3.8, 4) is 0 Å². The molecule has 9 heteroatoms. The monoisotopic (exact) mass is 421 g/mol. The second-order valence-corrected chi connectivity index (χ2v) is 8.77. The lowest BCUT2D eigenvalue weighted by atomic mass is 10.1. The Balaban J connectivity index is 1.65. The largest absolute Gasteiger partial charge is 0.326 e. The summed E-state index contributed by atoms with van der Waals surface area (Å²) in [5, 5.41) is 5.25. The molecule has 1 amide bonds. The first-order valence-electron chi connectivity index (χ1n) is 7.91. The molecule has 6 nitrogen and oxygen atoms in total. The van der Waals surface area contributed by atoms with Crippen LogP contribution in [0.15, 0.2) is 58.9 Å². The Labute approximate surface area is 166 Å². The molecule has 1 aromatic heterocycles. The molecule has 0 unspecified atom stereocenters. The van der Waals surface area contributed by atoms with E-state index in [4.69, 9.17) is 11.6 Å². The molecular weight excluding hydrogens is 406 g/mol. The van der Waals surface area contributed by atoms with Crippen LogP contribution in [0.5, 0.6) is 0 Å². The highest BCUT2D eigenvalue weighted by Crippen LogP contribution is 2.21. The minimum atomic E-state index is -3.72. The summed E-state index contributed by atoms with van der Waals surface area (Å²) in [6.07, 6.45) is 1.65. The fourth-order valence-electron chi connectivity index (χ4n) is 2.34. The molecule has 27 heavy (non-hydrogen) atoms. The number of nitrogens with one attached hydrogen (secondary N) is 2. The highest BCUT2D eigenvalue weighted by Gasteiger charge is 2.15. The van der Waals surface area contributed by atoms with Crippen molar-refractivity contribution in [3.05, 3.63) is 70.2 Å². The molecule has 0 aliphatic heterocycles. The summed E-state index contributed by atoms with van der Waals surface area (Å²) in [5.41, 5.74) is 2.25. The van der Waals surface area contributed by atoms with E-state index in [2.05, 4.69) is 15.0 Å². The van der Waals surface area contributed by atoms with Crippen molar-refractivity contribution in [3.63, 3.8) is 0 Å². The molecule has 3 rings (SSSR count). The van der Waals surface area contributed by atoms with Gasteiger partial charge in [0.2, 0.25) is 5.91 Å². The third-order valence-corrected chi connectivity index (χ3v) is 6.19. The molecule has 0 fully saturated rings. The number of halogens is 1. The molecule has 0 saturated carbocycles. The molecule has 0 radical (unpaired) electrons. The van der Waals surface area contributed by atoms with E-state index in [0.717, 1.165) is 11.1 Å². The van der Waals surface area contributed by atoms with Gasteiger partial charge in [0.25, 0.3) is 10.0 Å². The van der Waals surface area contributed by atoms with Crippen molar-refractivity contribution < 1.29 is 13.2 Å². The molecule has 0 aliphatic carbocycles. The summed E-state index contributed by atoms with van der Waals surface area (Å²) in [4.78, 5) is 16.2. The van der Waals surface area contributed by atoms with E-state index < -0.39 is 10.0 Å². The maximum Gasteiger partial charge on any atom is 0.263 e. The molecule has 2 N–H and O–H groups in total. The van der Waals surface area contributed by atoms with Gasteiger partial charge in [-0.2, -0.15) is 0 Å². The third-order valence-electron chi connectivity index (χ3n) is 3.66. The highest BCUT2D eigenvalue weighted by atomic mass is 35.5. The van der Waals surface area contributed by atoms with E-state index in [1.165, 1.54) is 41.8 Å². The van der Waals surface area contributed by atoms with Crippen LogP contribution in [-0.2, 0) is 21.2 Å². The number of benzene rings is 2. The van der Waals surface area contributed by atoms with Crippen LogP contribution in [0.25, 0.3) is 0 Å². The third kappa shape index (κ3) is 5.06. The Morgan fingerprint density at radius 2 is 1.93 bits per heavy atom. The predicted molar refractivity (Wildman–Crippen MR) is 108 cm³/mol. The zero-order chi connectivity index (χ0) is 19.4. The van der Waals surface area contributed by atoms with Gasteiger partial charge in [0.1, 0.15) is 0 Å². The zero-order valence-electron chi connectivity index (χ0n) is 14.3. The van der Waals surface area contributed by atoms with Crippen molar-refractivity contribution in [2.24, 2.45) is 0 Å². The molecule has 0 saturated heterocycles. The summed E-state index contributed by atoms with van der Waals surface area (Å²) in [7, 11) is -3.72. The van der Waals surface area contributed by atoms with E-state index >= 15 is 0 Å². The minimum absolute atomic E-state index is 0.0808. The number of anilines is 2. The van der Waals surface area contributed by atoms with Gasteiger partial charge in [-0.25, -0.2) is 13.4 Å². The number of hydrogen-bond acceptors (Lipinski definition) is 5. The average molecular weight is 422 g/mol. The Morgan fingerprint density at radius 3 is 2.56 bits per heavy atom. The van der Waals surface area contributed by atoms with Crippen molar-refractivity contribution in [1.29, 1.82) is 0 Å². The SMILES string of the molecule is Cc1ccc(CC(=O)Nc2ccc(S(=O)(=O)Nc3nccs3)cc2)c(Cl)c1. The fourth-order valence-corrected chi connectivity index (χ4v) is 4.43. The van der Waals surface area contributed by atoms with E-state index in [0.29, 0.717) is 15.8 Å². The van der Waals surface area contributed by atoms with Gasteiger partial charge in [-0.3, -0.25) is 9.52 Å². The van der Waals surface area contributed by atoms with Gasteiger partial charge in [0, 0.05) is 22.3 Å². The predicted octanol–water partition coefficient (Wildman–Crippen LogP) is 4.09. The van der Waals surface area contributed by atoms with Gasteiger partial charge in [-0.1, -0.05) is 23.7 Å². The maximum atomic E-state index is 12.3. The smallest absolute Gasteiger partial charge is 0.263 e. The topological polar surface area (TPSA) is 88.2 Å². The first kappa shape index (κ1) is 19.3. The zero-order valence-corrected chi connectivity index (χ0v) is 16.7. The van der Waals surface area contributed by atoms with Crippen molar-refractivity contribution >= 4 is 49.7 Å². The Kier molecular flexibility index (Phi) is 5.79. The number of nitrogens with zero attached hydrogens (tertiary/aromatic N) is 1. The van der Waals surface area contributed by atoms with Gasteiger partial charge in [-0.05, 0) is 48.4 Å². The van der Waals surface area contributed by atoms with Gasteiger partial charge in [0.15, 0.2) is 5.13 Å². The van der Waals surface area contributed by atoms with Crippen LogP contribution in [0.1, 0.15) is 11.1 Å². The Bertz CT molecular complexity index is 1050. The number of hydrogen-bond donors (Lipinski definition) is 2. The van der Waals surface area contributed by atoms with Crippen LogP contribution in [0.3, 0.4) is 0 Å². The van der Waals surface area contributed by atoms with Crippen molar-refractivity contribution in [2.75, 3.05) is 10.0 Å². The first-order valence-corrected chi connectivity index (χ1v) is 10.6. The number of thiazole rings is 1. The second-order valence-electron chi connectivity index (χ2n) is 5.79. The van der Waals surface area contributed by atoms with E-state index in [1.54, 1.807) is 11.4 Å². The molecule has 0 aliphatic rings. The van der Waals surface area contributed by atoms with Gasteiger partial charge >= 0.3 is 0 Å². The number of sulfonamides is 1. The number of aromatic nitrogens is 1. The van der Waals surface area contributed by atoms with Gasteiger partial charge in [0.05, 0.1) is 11.3 Å². The number of carbonyl (C=O) groups is 1. The van der Waals surface area contributed by atoms with Crippen LogP contribution in [-0.4, -0.2) is 19.3 Å². The number of carbonyl (C=O) groups excluding carboxylic acids is 1. The van der Waals surface area contributed by atoms with Crippen molar-refractivity contribution in [1.82, 2.24) is 4.98 Å². The van der Waals surface area contributed by atoms with E-state index in [9.17, 15) is 13.2 Å². The van der Waals surface area contributed by atoms with Crippen LogP contribution in [0.4, 0.5) is 10.8 Å². The van der Waals surface area contributed by atoms with Gasteiger partial charge in [-0.15, -0.1) is 11.3 Å². The Morgan fingerprint density at radius 1 is 1.19 bits per heavy atom. The fraction of sp³-hybridized carbons (Fsp3) is 0.111. The molecule has 2 aromatic carbocycles. The Hall–Kier alpha value is -2.42. The normalized spacial score (nSPS) is 11.2. The average Bonchev–Trinajstić information content (AvgIpc) is 3.10. The lowest BCUT2D eigenvalue weighted by molar-refractivity contribution is -0.115. The van der Waals surface area contributed by atoms with Crippen LogP contribution in [0, 0.1) is 6.92 Å². The molecule has 0 spiro atoms. The highest BCUT2D eigenvalue weighted by molar-refractivity contribution is 7.93. The minimum Gasteiger partial charge on any atom is -0.326 e. The van der Waals surface area contributed by atoms with Crippen LogP contribution >= 0.6 is 22.9 Å².